The van der Waals surface area contributed by atoms with Crippen LogP contribution in [-0.4, -0.2) is 39.4 Å². The number of hydrogen-bond donors (Lipinski definition) is 3. The third-order valence-electron chi connectivity index (χ3n) is 9.30. The van der Waals surface area contributed by atoms with Crippen molar-refractivity contribution in [2.24, 2.45) is 40.4 Å². The second-order valence-corrected chi connectivity index (χ2v) is 11.6. The summed E-state index contributed by atoms with van der Waals surface area (Å²) in [4.78, 5) is 12.0. The van der Waals surface area contributed by atoms with Crippen LogP contribution >= 0.6 is 0 Å². The lowest BCUT2D eigenvalue weighted by Crippen LogP contribution is -2.55. The standard InChI is InChI=1S/C27H40O4/c1-17(2)6-5-11-26(4,31)24-23(30)15-22-20-8-7-18-14-19(29)9-12-25(18,3)21(20)10-13-27(22,24)16-28/h5,9,11-12,14,17,20-24,28,30-31H,6-8,10,13,15-16H2,1-4H3/b11-5+/t20?,21?,22?,23-,24+,25-,26-,27+/m0/s1. The summed E-state index contributed by atoms with van der Waals surface area (Å²) in [5, 5.41) is 33.4. The number of aliphatic hydroxyl groups excluding tert-OH is 2. The van der Waals surface area contributed by atoms with Gasteiger partial charge in [-0.1, -0.05) is 44.6 Å². The van der Waals surface area contributed by atoms with Crippen LogP contribution in [0.2, 0.25) is 0 Å². The molecular formula is C27H40O4. The number of ketones is 1. The zero-order valence-electron chi connectivity index (χ0n) is 19.6. The second kappa shape index (κ2) is 7.97. The molecule has 0 aliphatic heterocycles. The molecule has 31 heavy (non-hydrogen) atoms. The highest BCUT2D eigenvalue weighted by Crippen LogP contribution is 2.67. The van der Waals surface area contributed by atoms with E-state index in [1.807, 2.05) is 25.2 Å². The second-order valence-electron chi connectivity index (χ2n) is 11.6. The third-order valence-corrected chi connectivity index (χ3v) is 9.30. The van der Waals surface area contributed by atoms with Crippen molar-refractivity contribution in [2.45, 2.75) is 77.9 Å². The van der Waals surface area contributed by atoms with Gasteiger partial charge in [-0.25, -0.2) is 0 Å². The van der Waals surface area contributed by atoms with E-state index >= 15 is 0 Å². The number of rotatable bonds is 5. The van der Waals surface area contributed by atoms with Gasteiger partial charge in [-0.3, -0.25) is 4.79 Å². The molecule has 0 spiro atoms. The fourth-order valence-corrected chi connectivity index (χ4v) is 7.96. The summed E-state index contributed by atoms with van der Waals surface area (Å²) in [7, 11) is 0. The largest absolute Gasteiger partial charge is 0.396 e. The van der Waals surface area contributed by atoms with E-state index in [0.29, 0.717) is 24.2 Å². The van der Waals surface area contributed by atoms with Crippen molar-refractivity contribution in [3.63, 3.8) is 0 Å². The van der Waals surface area contributed by atoms with Crippen molar-refractivity contribution in [1.82, 2.24) is 0 Å². The summed E-state index contributed by atoms with van der Waals surface area (Å²) in [6, 6.07) is 0. The van der Waals surface area contributed by atoms with Gasteiger partial charge in [-0.2, -0.15) is 0 Å². The zero-order chi connectivity index (χ0) is 22.6. The molecule has 0 aromatic rings. The first kappa shape index (κ1) is 22.9. The van der Waals surface area contributed by atoms with E-state index in [9.17, 15) is 20.1 Å². The molecule has 4 aliphatic carbocycles. The number of carbonyl (C=O) groups is 1. The van der Waals surface area contributed by atoms with Crippen molar-refractivity contribution in [1.29, 1.82) is 0 Å². The van der Waals surface area contributed by atoms with Gasteiger partial charge in [0.2, 0.25) is 0 Å². The van der Waals surface area contributed by atoms with E-state index in [1.165, 1.54) is 5.57 Å². The van der Waals surface area contributed by atoms with Crippen LogP contribution < -0.4 is 0 Å². The van der Waals surface area contributed by atoms with E-state index < -0.39 is 17.1 Å². The molecule has 3 fully saturated rings. The number of allylic oxidation sites excluding steroid dienone is 5. The Bertz CT molecular complexity index is 806. The van der Waals surface area contributed by atoms with Gasteiger partial charge >= 0.3 is 0 Å². The van der Waals surface area contributed by atoms with Gasteiger partial charge < -0.3 is 15.3 Å². The zero-order valence-corrected chi connectivity index (χ0v) is 19.6. The van der Waals surface area contributed by atoms with Gasteiger partial charge in [0.05, 0.1) is 11.7 Å². The molecular weight excluding hydrogens is 388 g/mol. The van der Waals surface area contributed by atoms with Crippen molar-refractivity contribution < 1.29 is 20.1 Å². The minimum absolute atomic E-state index is 0.00448. The van der Waals surface area contributed by atoms with E-state index in [4.69, 9.17) is 0 Å². The minimum atomic E-state index is -1.15. The van der Waals surface area contributed by atoms with Gasteiger partial charge in [0.1, 0.15) is 0 Å². The van der Waals surface area contributed by atoms with Gasteiger partial charge in [0.25, 0.3) is 0 Å². The summed E-state index contributed by atoms with van der Waals surface area (Å²) in [6.45, 7) is 8.37. The van der Waals surface area contributed by atoms with Crippen LogP contribution in [0, 0.1) is 40.4 Å². The van der Waals surface area contributed by atoms with E-state index in [0.717, 1.165) is 32.1 Å². The van der Waals surface area contributed by atoms with Crippen LogP contribution in [-0.2, 0) is 4.79 Å². The number of carbonyl (C=O) groups excluding carboxylic acids is 1. The minimum Gasteiger partial charge on any atom is -0.396 e. The Morgan fingerprint density at radius 1 is 1.29 bits per heavy atom. The lowest BCUT2D eigenvalue weighted by Gasteiger charge is -2.58. The molecule has 0 amide bonds. The van der Waals surface area contributed by atoms with E-state index in [-0.39, 0.29) is 29.6 Å². The topological polar surface area (TPSA) is 77.8 Å². The van der Waals surface area contributed by atoms with Gasteiger partial charge in [-0.15, -0.1) is 0 Å². The predicted octanol–water partition coefficient (Wildman–Crippen LogP) is 4.21. The normalized spacial score (nSPS) is 44.1. The summed E-state index contributed by atoms with van der Waals surface area (Å²) < 4.78 is 0. The quantitative estimate of drug-likeness (QED) is 0.573. The van der Waals surface area contributed by atoms with Crippen LogP contribution in [0.1, 0.15) is 66.2 Å². The van der Waals surface area contributed by atoms with E-state index in [1.54, 1.807) is 6.08 Å². The lowest BCUT2D eigenvalue weighted by molar-refractivity contribution is -0.126. The van der Waals surface area contributed by atoms with Gasteiger partial charge in [0, 0.05) is 23.4 Å². The molecule has 0 heterocycles. The molecule has 0 aromatic carbocycles. The monoisotopic (exact) mass is 428 g/mol. The van der Waals surface area contributed by atoms with Gasteiger partial charge in [-0.05, 0) is 81.3 Å². The molecule has 4 nitrogen and oxygen atoms in total. The summed E-state index contributed by atoms with van der Waals surface area (Å²) >= 11 is 0. The highest BCUT2D eigenvalue weighted by molar-refractivity contribution is 6.01. The predicted molar refractivity (Wildman–Crippen MR) is 122 cm³/mol. The van der Waals surface area contributed by atoms with Crippen molar-refractivity contribution >= 4 is 5.78 Å². The molecule has 0 saturated heterocycles. The first-order chi connectivity index (χ1) is 14.5. The van der Waals surface area contributed by atoms with Gasteiger partial charge in [0.15, 0.2) is 5.78 Å². The molecule has 0 bridgehead atoms. The molecule has 3 unspecified atom stereocenters. The average Bonchev–Trinajstić information content (AvgIpc) is 3.01. The number of aliphatic hydroxyl groups is 3. The number of fused-ring (bicyclic) bond motifs is 5. The Balaban J connectivity index is 1.66. The highest BCUT2D eigenvalue weighted by atomic mass is 16.3. The van der Waals surface area contributed by atoms with Crippen molar-refractivity contribution in [3.8, 4) is 0 Å². The molecule has 4 heteroatoms. The first-order valence-corrected chi connectivity index (χ1v) is 12.2. The Hall–Kier alpha value is -1.23. The van der Waals surface area contributed by atoms with Crippen LogP contribution in [0.4, 0.5) is 0 Å². The Labute approximate surface area is 187 Å². The Kier molecular flexibility index (Phi) is 5.90. The Morgan fingerprint density at radius 2 is 2.03 bits per heavy atom. The molecule has 3 N–H and O–H groups in total. The summed E-state index contributed by atoms with van der Waals surface area (Å²) in [5.41, 5.74) is -0.477. The molecule has 3 saturated carbocycles. The Morgan fingerprint density at radius 3 is 2.71 bits per heavy atom. The molecule has 0 radical (unpaired) electrons. The van der Waals surface area contributed by atoms with Crippen molar-refractivity contribution in [3.05, 3.63) is 36.0 Å². The molecule has 4 aliphatic rings. The molecule has 172 valence electrons. The lowest BCUT2D eigenvalue weighted by atomic mass is 9.47. The van der Waals surface area contributed by atoms with Crippen LogP contribution in [0.25, 0.3) is 0 Å². The van der Waals surface area contributed by atoms with Crippen LogP contribution in [0.3, 0.4) is 0 Å². The SMILES string of the molecule is CC(C)C/C=C/[C@](C)(O)[C@H]1[C@@H](O)CC2C3CCC4=CC(=O)C=C[C@]4(C)C3CC[C@@]21CO. The van der Waals surface area contributed by atoms with Crippen LogP contribution in [0.15, 0.2) is 36.0 Å². The number of hydrogen-bond acceptors (Lipinski definition) is 4. The fourth-order valence-electron chi connectivity index (χ4n) is 7.96. The summed E-state index contributed by atoms with van der Waals surface area (Å²) in [6.07, 6.45) is 14.1. The van der Waals surface area contributed by atoms with Crippen LogP contribution in [0.5, 0.6) is 0 Å². The van der Waals surface area contributed by atoms with Crippen molar-refractivity contribution in [2.75, 3.05) is 6.61 Å². The first-order valence-electron chi connectivity index (χ1n) is 12.2. The maximum Gasteiger partial charge on any atom is 0.178 e. The molecule has 0 aromatic heterocycles. The third kappa shape index (κ3) is 3.59. The molecule has 8 atom stereocenters. The average molecular weight is 429 g/mol. The molecule has 4 rings (SSSR count). The highest BCUT2D eigenvalue weighted by Gasteiger charge is 2.65. The smallest absolute Gasteiger partial charge is 0.178 e. The summed E-state index contributed by atoms with van der Waals surface area (Å²) in [5.74, 6) is 1.21. The maximum absolute atomic E-state index is 12.0. The maximum atomic E-state index is 12.0. The van der Waals surface area contributed by atoms with E-state index in [2.05, 4.69) is 26.8 Å². The fraction of sp³-hybridized carbons (Fsp3) is 0.741.